The van der Waals surface area contributed by atoms with Crippen molar-refractivity contribution in [3.63, 3.8) is 0 Å². The number of hydrogen-bond donors (Lipinski definition) is 0. The highest BCUT2D eigenvalue weighted by Gasteiger charge is 1.96. The van der Waals surface area contributed by atoms with Gasteiger partial charge in [0.05, 0.1) is 6.07 Å². The number of rotatable bonds is 4. The molecule has 1 radical (unpaired) electrons. The van der Waals surface area contributed by atoms with E-state index in [-0.39, 0.29) is 5.92 Å². The molecule has 1 unspecified atom stereocenters. The number of hydrogen-bond acceptors (Lipinski definition) is 1. The highest BCUT2D eigenvalue weighted by Crippen LogP contribution is 2.06. The van der Waals surface area contributed by atoms with Gasteiger partial charge in [0.1, 0.15) is 0 Å². The molecule has 0 saturated carbocycles. The summed E-state index contributed by atoms with van der Waals surface area (Å²) in [5, 5.41) is 8.32. The van der Waals surface area contributed by atoms with Crippen molar-refractivity contribution < 1.29 is 0 Å². The van der Waals surface area contributed by atoms with E-state index in [1.54, 1.807) is 0 Å². The fraction of sp³-hybridized carbons (Fsp3) is 0.750. The zero-order valence-electron chi connectivity index (χ0n) is 6.06. The van der Waals surface area contributed by atoms with E-state index in [1.165, 1.54) is 12.8 Å². The molecule has 0 aliphatic heterocycles. The molecule has 0 aromatic heterocycles. The summed E-state index contributed by atoms with van der Waals surface area (Å²) >= 11 is 0. The maximum Gasteiger partial charge on any atom is 0.0655 e. The number of unbranched alkanes of at least 4 members (excludes halogenated alkanes) is 2. The van der Waals surface area contributed by atoms with E-state index < -0.39 is 0 Å². The molecule has 0 amide bonds. The van der Waals surface area contributed by atoms with Crippen LogP contribution in [0.4, 0.5) is 0 Å². The van der Waals surface area contributed by atoms with Crippen LogP contribution in [0, 0.1) is 24.2 Å². The Kier molecular flexibility index (Phi) is 5.30. The van der Waals surface area contributed by atoms with E-state index >= 15 is 0 Å². The van der Waals surface area contributed by atoms with Gasteiger partial charge in [-0.05, 0) is 13.3 Å². The van der Waals surface area contributed by atoms with Gasteiger partial charge in [0.25, 0.3) is 0 Å². The van der Waals surface area contributed by atoms with Crippen LogP contribution in [0.2, 0.25) is 0 Å². The fourth-order valence-corrected chi connectivity index (χ4v) is 0.705. The lowest BCUT2D eigenvalue weighted by atomic mass is 10.1. The van der Waals surface area contributed by atoms with Gasteiger partial charge < -0.3 is 0 Å². The molecule has 0 aliphatic carbocycles. The van der Waals surface area contributed by atoms with Gasteiger partial charge in [-0.3, -0.25) is 0 Å². The molecule has 0 rings (SSSR count). The Bertz CT molecular complexity index is 91.2. The fourth-order valence-electron chi connectivity index (χ4n) is 0.705. The number of nitriles is 1. The van der Waals surface area contributed by atoms with Gasteiger partial charge in [-0.25, -0.2) is 0 Å². The summed E-state index contributed by atoms with van der Waals surface area (Å²) in [6.07, 6.45) is 4.56. The summed E-state index contributed by atoms with van der Waals surface area (Å²) in [6.45, 7) is 5.82. The van der Waals surface area contributed by atoms with Crippen LogP contribution in [0.25, 0.3) is 0 Å². The van der Waals surface area contributed by atoms with Crippen LogP contribution in [0.15, 0.2) is 0 Å². The highest BCUT2D eigenvalue weighted by atomic mass is 14.2. The average Bonchev–Trinajstić information content (AvgIpc) is 1.89. The lowest BCUT2D eigenvalue weighted by molar-refractivity contribution is 0.616. The molecule has 0 N–H and O–H groups in total. The van der Waals surface area contributed by atoms with Crippen LogP contribution in [-0.2, 0) is 0 Å². The summed E-state index contributed by atoms with van der Waals surface area (Å²) in [5.41, 5.74) is 0. The highest BCUT2D eigenvalue weighted by molar-refractivity contribution is 4.83. The first-order chi connectivity index (χ1) is 4.31. The van der Waals surface area contributed by atoms with Crippen molar-refractivity contribution in [3.8, 4) is 6.07 Å². The maximum absolute atomic E-state index is 8.32. The molecule has 0 fully saturated rings. The van der Waals surface area contributed by atoms with Crippen molar-refractivity contribution in [2.75, 3.05) is 0 Å². The van der Waals surface area contributed by atoms with Gasteiger partial charge in [-0.1, -0.05) is 26.2 Å². The lowest BCUT2D eigenvalue weighted by Gasteiger charge is -1.98. The second-order valence-corrected chi connectivity index (χ2v) is 2.32. The van der Waals surface area contributed by atoms with E-state index in [0.717, 1.165) is 12.8 Å². The Labute approximate surface area is 57.7 Å². The van der Waals surface area contributed by atoms with Gasteiger partial charge in [-0.15, -0.1) is 0 Å². The Hall–Kier alpha value is -0.510. The Balaban J connectivity index is 2.99. The third-order valence-electron chi connectivity index (χ3n) is 1.34. The predicted octanol–water partition coefficient (Wildman–Crippen LogP) is 2.54. The van der Waals surface area contributed by atoms with Crippen molar-refractivity contribution in [3.05, 3.63) is 6.92 Å². The molecule has 0 spiro atoms. The standard InChI is InChI=1S/C8H14N/c1-3-4-5-6-8(2)7-9/h8H,2-6H2,1H3. The molecule has 51 valence electrons. The first-order valence-corrected chi connectivity index (χ1v) is 3.54. The lowest BCUT2D eigenvalue weighted by Crippen LogP contribution is -1.88. The van der Waals surface area contributed by atoms with Crippen LogP contribution < -0.4 is 0 Å². The smallest absolute Gasteiger partial charge is 0.0655 e. The van der Waals surface area contributed by atoms with Gasteiger partial charge in [0, 0.05) is 5.92 Å². The molecule has 0 aromatic rings. The maximum atomic E-state index is 8.32. The normalized spacial score (nSPS) is 12.6. The van der Waals surface area contributed by atoms with E-state index in [1.807, 2.05) is 0 Å². The van der Waals surface area contributed by atoms with Crippen LogP contribution >= 0.6 is 0 Å². The van der Waals surface area contributed by atoms with Crippen LogP contribution in [0.5, 0.6) is 0 Å². The first kappa shape index (κ1) is 8.49. The monoisotopic (exact) mass is 124 g/mol. The summed E-state index contributed by atoms with van der Waals surface area (Å²) < 4.78 is 0. The second-order valence-electron chi connectivity index (χ2n) is 2.32. The molecule has 1 nitrogen and oxygen atoms in total. The van der Waals surface area contributed by atoms with Gasteiger partial charge in [0.2, 0.25) is 0 Å². The second kappa shape index (κ2) is 5.62. The minimum absolute atomic E-state index is 0.0107. The van der Waals surface area contributed by atoms with E-state index in [9.17, 15) is 0 Å². The zero-order valence-corrected chi connectivity index (χ0v) is 6.06. The predicted molar refractivity (Wildman–Crippen MR) is 38.6 cm³/mol. The minimum atomic E-state index is 0.0107. The van der Waals surface area contributed by atoms with Gasteiger partial charge in [-0.2, -0.15) is 5.26 Å². The molecule has 9 heavy (non-hydrogen) atoms. The summed E-state index contributed by atoms with van der Waals surface area (Å²) in [4.78, 5) is 0. The largest absolute Gasteiger partial charge is 0.198 e. The summed E-state index contributed by atoms with van der Waals surface area (Å²) in [7, 11) is 0. The van der Waals surface area contributed by atoms with Crippen LogP contribution in [0.3, 0.4) is 0 Å². The number of nitrogens with zero attached hydrogens (tertiary/aromatic N) is 1. The van der Waals surface area contributed by atoms with Crippen molar-refractivity contribution in [2.45, 2.75) is 32.6 Å². The van der Waals surface area contributed by atoms with Gasteiger partial charge in [0.15, 0.2) is 0 Å². The van der Waals surface area contributed by atoms with Crippen molar-refractivity contribution >= 4 is 0 Å². The molecule has 0 aromatic carbocycles. The molecule has 0 saturated heterocycles. The molecule has 1 heteroatoms. The van der Waals surface area contributed by atoms with E-state index in [0.29, 0.717) is 0 Å². The molecule has 0 bridgehead atoms. The third kappa shape index (κ3) is 5.36. The van der Waals surface area contributed by atoms with Crippen molar-refractivity contribution in [1.82, 2.24) is 0 Å². The topological polar surface area (TPSA) is 23.8 Å². The van der Waals surface area contributed by atoms with E-state index in [4.69, 9.17) is 5.26 Å². The summed E-state index contributed by atoms with van der Waals surface area (Å²) in [6, 6.07) is 2.11. The Morgan fingerprint density at radius 3 is 2.67 bits per heavy atom. The van der Waals surface area contributed by atoms with Crippen LogP contribution in [-0.4, -0.2) is 0 Å². The van der Waals surface area contributed by atoms with Crippen LogP contribution in [0.1, 0.15) is 32.6 Å². The quantitative estimate of drug-likeness (QED) is 0.528. The Morgan fingerprint density at radius 1 is 1.56 bits per heavy atom. The average molecular weight is 124 g/mol. The molecule has 1 atom stereocenters. The summed E-state index contributed by atoms with van der Waals surface area (Å²) in [5.74, 6) is 0.0107. The molecular formula is C8H14N. The zero-order chi connectivity index (χ0) is 7.11. The van der Waals surface area contributed by atoms with Crippen molar-refractivity contribution in [2.24, 2.45) is 5.92 Å². The minimum Gasteiger partial charge on any atom is -0.198 e. The van der Waals surface area contributed by atoms with Gasteiger partial charge >= 0.3 is 0 Å². The van der Waals surface area contributed by atoms with E-state index in [2.05, 4.69) is 19.9 Å². The molecule has 0 heterocycles. The molecule has 0 aliphatic rings. The van der Waals surface area contributed by atoms with Crippen molar-refractivity contribution in [1.29, 1.82) is 5.26 Å². The third-order valence-corrected chi connectivity index (χ3v) is 1.34. The SMILES string of the molecule is [CH2]C(C#N)CCCCC. The first-order valence-electron chi connectivity index (χ1n) is 3.54. The molecular weight excluding hydrogens is 110 g/mol. The Morgan fingerprint density at radius 2 is 2.22 bits per heavy atom.